The molecular weight excluding hydrogens is 198 g/mol. The molecule has 0 aromatic carbocycles. The zero-order valence-corrected chi connectivity index (χ0v) is 9.95. The minimum atomic E-state index is 0.742. The van der Waals surface area contributed by atoms with Gasteiger partial charge < -0.3 is 11.1 Å². The van der Waals surface area contributed by atoms with Crippen LogP contribution in [-0.2, 0) is 0 Å². The molecule has 0 radical (unpaired) electrons. The highest BCUT2D eigenvalue weighted by Gasteiger charge is 2.20. The first-order valence-electron chi connectivity index (χ1n) is 6.20. The van der Waals surface area contributed by atoms with Crippen molar-refractivity contribution in [1.82, 2.24) is 4.98 Å². The molecular formula is C13H21N3. The van der Waals surface area contributed by atoms with E-state index in [1.54, 1.807) is 12.4 Å². The van der Waals surface area contributed by atoms with Gasteiger partial charge in [-0.15, -0.1) is 0 Å². The first-order valence-corrected chi connectivity index (χ1v) is 6.20. The maximum Gasteiger partial charge on any atom is 0.0736 e. The molecule has 0 bridgehead atoms. The van der Waals surface area contributed by atoms with Gasteiger partial charge in [-0.25, -0.2) is 0 Å². The van der Waals surface area contributed by atoms with Crippen molar-refractivity contribution in [2.24, 2.45) is 11.8 Å². The molecule has 3 heteroatoms. The molecule has 88 valence electrons. The van der Waals surface area contributed by atoms with E-state index in [-0.39, 0.29) is 0 Å². The van der Waals surface area contributed by atoms with E-state index in [0.717, 1.165) is 29.8 Å². The van der Waals surface area contributed by atoms with Gasteiger partial charge in [-0.3, -0.25) is 4.98 Å². The summed E-state index contributed by atoms with van der Waals surface area (Å²) in [6.07, 6.45) is 8.98. The highest BCUT2D eigenvalue weighted by molar-refractivity contribution is 5.64. The highest BCUT2D eigenvalue weighted by Crippen LogP contribution is 2.30. The topological polar surface area (TPSA) is 50.9 Å². The summed E-state index contributed by atoms with van der Waals surface area (Å²) in [6, 6.07) is 1.95. The van der Waals surface area contributed by atoms with Crippen LogP contribution in [0.4, 0.5) is 11.4 Å². The third-order valence-electron chi connectivity index (χ3n) is 3.70. The molecule has 0 aliphatic heterocycles. The molecule has 0 spiro atoms. The van der Waals surface area contributed by atoms with Crippen LogP contribution in [0.2, 0.25) is 0 Å². The fourth-order valence-electron chi connectivity index (χ4n) is 2.51. The van der Waals surface area contributed by atoms with Crippen molar-refractivity contribution in [3.8, 4) is 0 Å². The Morgan fingerprint density at radius 1 is 1.44 bits per heavy atom. The maximum absolute atomic E-state index is 5.85. The second-order valence-electron chi connectivity index (χ2n) is 4.87. The second kappa shape index (κ2) is 5.19. The lowest BCUT2D eigenvalue weighted by molar-refractivity contribution is 0.268. The van der Waals surface area contributed by atoms with Gasteiger partial charge in [-0.1, -0.05) is 26.2 Å². The fraction of sp³-hybridized carbons (Fsp3) is 0.615. The first-order chi connectivity index (χ1) is 7.77. The lowest BCUT2D eigenvalue weighted by Crippen LogP contribution is -2.24. The predicted molar refractivity (Wildman–Crippen MR) is 68.3 cm³/mol. The summed E-state index contributed by atoms with van der Waals surface area (Å²) in [7, 11) is 0. The second-order valence-corrected chi connectivity index (χ2v) is 4.87. The van der Waals surface area contributed by atoms with E-state index in [0.29, 0.717) is 0 Å². The number of nitrogens with zero attached hydrogens (tertiary/aromatic N) is 1. The number of hydrogen-bond donors (Lipinski definition) is 2. The summed E-state index contributed by atoms with van der Waals surface area (Å²) in [5, 5.41) is 3.45. The number of anilines is 2. The number of rotatable bonds is 3. The SMILES string of the molecule is CC1CCCCC1CNc1ccncc1N. The van der Waals surface area contributed by atoms with Crippen LogP contribution in [0.5, 0.6) is 0 Å². The quantitative estimate of drug-likeness (QED) is 0.821. The van der Waals surface area contributed by atoms with Gasteiger partial charge in [-0.05, 0) is 24.3 Å². The van der Waals surface area contributed by atoms with E-state index in [1.165, 1.54) is 25.7 Å². The molecule has 1 aliphatic rings. The van der Waals surface area contributed by atoms with Crippen LogP contribution in [0, 0.1) is 11.8 Å². The molecule has 16 heavy (non-hydrogen) atoms. The van der Waals surface area contributed by atoms with Crippen molar-refractivity contribution in [1.29, 1.82) is 0 Å². The van der Waals surface area contributed by atoms with Crippen LogP contribution in [0.1, 0.15) is 32.6 Å². The summed E-state index contributed by atoms with van der Waals surface area (Å²) in [5.41, 5.74) is 7.61. The van der Waals surface area contributed by atoms with Crippen LogP contribution >= 0.6 is 0 Å². The number of hydrogen-bond acceptors (Lipinski definition) is 3. The van der Waals surface area contributed by atoms with Gasteiger partial charge in [0.1, 0.15) is 0 Å². The molecule has 1 fully saturated rings. The van der Waals surface area contributed by atoms with Gasteiger partial charge in [0.2, 0.25) is 0 Å². The van der Waals surface area contributed by atoms with Gasteiger partial charge >= 0.3 is 0 Å². The molecule has 2 unspecified atom stereocenters. The third kappa shape index (κ3) is 2.65. The largest absolute Gasteiger partial charge is 0.396 e. The smallest absolute Gasteiger partial charge is 0.0736 e. The summed E-state index contributed by atoms with van der Waals surface area (Å²) in [4.78, 5) is 3.99. The minimum absolute atomic E-state index is 0.742. The van der Waals surface area contributed by atoms with Crippen molar-refractivity contribution in [2.45, 2.75) is 32.6 Å². The van der Waals surface area contributed by atoms with Gasteiger partial charge in [0.25, 0.3) is 0 Å². The van der Waals surface area contributed by atoms with E-state index in [4.69, 9.17) is 5.73 Å². The number of nitrogen functional groups attached to an aromatic ring is 1. The first kappa shape index (κ1) is 11.2. The Balaban J connectivity index is 1.89. The van der Waals surface area contributed by atoms with E-state index in [1.807, 2.05) is 6.07 Å². The molecule has 2 atom stereocenters. The Hall–Kier alpha value is -1.25. The van der Waals surface area contributed by atoms with Gasteiger partial charge in [-0.2, -0.15) is 0 Å². The Morgan fingerprint density at radius 3 is 3.00 bits per heavy atom. The molecule has 1 saturated carbocycles. The van der Waals surface area contributed by atoms with Crippen molar-refractivity contribution in [3.63, 3.8) is 0 Å². The van der Waals surface area contributed by atoms with Gasteiger partial charge in [0.05, 0.1) is 17.6 Å². The maximum atomic E-state index is 5.85. The molecule has 1 heterocycles. The summed E-state index contributed by atoms with van der Waals surface area (Å²) in [6.45, 7) is 3.40. The van der Waals surface area contributed by atoms with E-state index in [2.05, 4.69) is 17.2 Å². The molecule has 1 aromatic heterocycles. The number of nitrogens with one attached hydrogen (secondary N) is 1. The molecule has 0 amide bonds. The van der Waals surface area contributed by atoms with E-state index < -0.39 is 0 Å². The van der Waals surface area contributed by atoms with Crippen molar-refractivity contribution < 1.29 is 0 Å². The molecule has 2 rings (SSSR count). The lowest BCUT2D eigenvalue weighted by atomic mass is 9.80. The van der Waals surface area contributed by atoms with Crippen LogP contribution in [0.25, 0.3) is 0 Å². The Labute approximate surface area is 97.5 Å². The summed E-state index contributed by atoms with van der Waals surface area (Å²) in [5.74, 6) is 1.63. The number of nitrogens with two attached hydrogens (primary N) is 1. The monoisotopic (exact) mass is 219 g/mol. The molecule has 3 N–H and O–H groups in total. The minimum Gasteiger partial charge on any atom is -0.396 e. The fourth-order valence-corrected chi connectivity index (χ4v) is 2.51. The lowest BCUT2D eigenvalue weighted by Gasteiger charge is -2.29. The average molecular weight is 219 g/mol. The third-order valence-corrected chi connectivity index (χ3v) is 3.70. The van der Waals surface area contributed by atoms with E-state index in [9.17, 15) is 0 Å². The van der Waals surface area contributed by atoms with Gasteiger partial charge in [0, 0.05) is 12.7 Å². The number of aromatic nitrogens is 1. The predicted octanol–water partition coefficient (Wildman–Crippen LogP) is 2.90. The van der Waals surface area contributed by atoms with Crippen molar-refractivity contribution in [2.75, 3.05) is 17.6 Å². The summed E-state index contributed by atoms with van der Waals surface area (Å²) >= 11 is 0. The molecule has 3 nitrogen and oxygen atoms in total. The molecule has 1 aliphatic carbocycles. The van der Waals surface area contributed by atoms with Crippen LogP contribution in [-0.4, -0.2) is 11.5 Å². The van der Waals surface area contributed by atoms with Crippen molar-refractivity contribution in [3.05, 3.63) is 18.5 Å². The van der Waals surface area contributed by atoms with Crippen LogP contribution in [0.15, 0.2) is 18.5 Å². The van der Waals surface area contributed by atoms with Crippen LogP contribution in [0.3, 0.4) is 0 Å². The Morgan fingerprint density at radius 2 is 2.25 bits per heavy atom. The normalized spacial score (nSPS) is 25.3. The van der Waals surface area contributed by atoms with E-state index >= 15 is 0 Å². The number of pyridine rings is 1. The van der Waals surface area contributed by atoms with Crippen LogP contribution < -0.4 is 11.1 Å². The molecule has 0 saturated heterocycles. The standard InChI is InChI=1S/C13H21N3/c1-10-4-2-3-5-11(10)8-16-13-6-7-15-9-12(13)14/h6-7,9-11H,2-5,8,14H2,1H3,(H,15,16). The zero-order valence-electron chi connectivity index (χ0n) is 9.95. The Kier molecular flexibility index (Phi) is 3.65. The molecule has 1 aromatic rings. The Bertz CT molecular complexity index is 338. The van der Waals surface area contributed by atoms with Crippen molar-refractivity contribution >= 4 is 11.4 Å². The highest BCUT2D eigenvalue weighted by atomic mass is 14.9. The average Bonchev–Trinajstić information content (AvgIpc) is 2.30. The zero-order chi connectivity index (χ0) is 11.4. The summed E-state index contributed by atoms with van der Waals surface area (Å²) < 4.78 is 0. The van der Waals surface area contributed by atoms with Gasteiger partial charge in [0.15, 0.2) is 0 Å².